The van der Waals surface area contributed by atoms with E-state index in [1.165, 1.54) is 5.57 Å². The van der Waals surface area contributed by atoms with Crippen LogP contribution in [-0.2, 0) is 0 Å². The molecule has 1 atom stereocenters. The number of H-pyrrole nitrogens is 2. The molecule has 3 N–H and O–H groups in total. The molecule has 1 saturated heterocycles. The van der Waals surface area contributed by atoms with Gasteiger partial charge in [0.25, 0.3) is 0 Å². The van der Waals surface area contributed by atoms with Crippen molar-refractivity contribution in [2.75, 3.05) is 24.5 Å². The number of nitrogens with one attached hydrogen (secondary N) is 3. The van der Waals surface area contributed by atoms with E-state index < -0.39 is 0 Å². The highest BCUT2D eigenvalue weighted by Gasteiger charge is 2.32. The summed E-state index contributed by atoms with van der Waals surface area (Å²) in [6.45, 7) is 2.74. The number of hydrogen-bond donors (Lipinski definition) is 3. The first-order valence-corrected chi connectivity index (χ1v) is 9.20. The zero-order valence-electron chi connectivity index (χ0n) is 14.9. The third kappa shape index (κ3) is 2.13. The van der Waals surface area contributed by atoms with Gasteiger partial charge in [0.15, 0.2) is 5.65 Å². The molecule has 0 spiro atoms. The summed E-state index contributed by atoms with van der Waals surface area (Å²) in [5, 5.41) is 13.4. The number of aromatic amines is 2. The van der Waals surface area contributed by atoms with Crippen LogP contribution in [0.2, 0.25) is 0 Å². The summed E-state index contributed by atoms with van der Waals surface area (Å²) in [7, 11) is 0. The maximum atomic E-state index is 9.23. The number of imidazole rings is 1. The van der Waals surface area contributed by atoms with E-state index in [1.54, 1.807) is 12.5 Å². The molecule has 8 nitrogen and oxygen atoms in total. The van der Waals surface area contributed by atoms with Crippen LogP contribution in [0.4, 0.5) is 5.95 Å². The lowest BCUT2D eigenvalue weighted by Crippen LogP contribution is -2.25. The van der Waals surface area contributed by atoms with Crippen molar-refractivity contribution in [3.8, 4) is 17.3 Å². The average Bonchev–Trinajstić information content (AvgIpc) is 3.48. The van der Waals surface area contributed by atoms with Gasteiger partial charge >= 0.3 is 0 Å². The number of hydrogen-bond acceptors (Lipinski definition) is 6. The van der Waals surface area contributed by atoms with Crippen molar-refractivity contribution in [3.63, 3.8) is 0 Å². The first-order chi connectivity index (χ1) is 13.8. The van der Waals surface area contributed by atoms with E-state index in [-0.39, 0.29) is 0 Å². The van der Waals surface area contributed by atoms with Crippen molar-refractivity contribution in [1.29, 1.82) is 5.26 Å². The topological polar surface area (TPSA) is 109 Å². The Bertz CT molecular complexity index is 1300. The molecule has 5 heterocycles. The molecule has 4 aromatic rings. The van der Waals surface area contributed by atoms with Gasteiger partial charge in [-0.1, -0.05) is 12.1 Å². The molecular weight excluding hydrogens is 352 g/mol. The molecule has 2 aliphatic rings. The van der Waals surface area contributed by atoms with E-state index >= 15 is 0 Å². The Morgan fingerprint density at radius 1 is 1.21 bits per heavy atom. The number of anilines is 1. The Morgan fingerprint density at radius 2 is 2.18 bits per heavy atom. The fourth-order valence-corrected chi connectivity index (χ4v) is 4.17. The highest BCUT2D eigenvalue weighted by molar-refractivity contribution is 5.94. The van der Waals surface area contributed by atoms with Gasteiger partial charge in [0, 0.05) is 48.2 Å². The fourth-order valence-electron chi connectivity index (χ4n) is 4.17. The number of rotatable bonds is 2. The molecule has 3 aromatic heterocycles. The summed E-state index contributed by atoms with van der Waals surface area (Å²) in [5.74, 6) is 1.25. The molecular formula is C20H16N8. The predicted molar refractivity (Wildman–Crippen MR) is 105 cm³/mol. The number of benzene rings is 1. The Labute approximate surface area is 159 Å². The van der Waals surface area contributed by atoms with Crippen molar-refractivity contribution in [2.24, 2.45) is 5.92 Å². The summed E-state index contributed by atoms with van der Waals surface area (Å²) < 4.78 is 0. The molecule has 1 unspecified atom stereocenters. The maximum Gasteiger partial charge on any atom is 0.228 e. The summed E-state index contributed by atoms with van der Waals surface area (Å²) in [5.41, 5.74) is 6.17. The molecule has 2 aliphatic heterocycles. The van der Waals surface area contributed by atoms with Gasteiger partial charge in [0.05, 0.1) is 11.9 Å². The fraction of sp³-hybridized carbons (Fsp3) is 0.200. The normalized spacial score (nSPS) is 18.3. The Balaban J connectivity index is 1.49. The van der Waals surface area contributed by atoms with Gasteiger partial charge in [-0.25, -0.2) is 9.97 Å². The third-order valence-electron chi connectivity index (χ3n) is 5.62. The Morgan fingerprint density at radius 3 is 3.07 bits per heavy atom. The standard InChI is InChI=1S/C20H16N8/c21-4-12-7-23-16-3-11(1-2-15(12)16)17-18-19(25-10-24-18)27-20(26-17)28-8-13-5-22-6-14(13)9-28/h1-3,5,7,10,14,22-23H,6,8-9H2,(H,24,25,26,27). The summed E-state index contributed by atoms with van der Waals surface area (Å²) in [6.07, 6.45) is 5.50. The van der Waals surface area contributed by atoms with Gasteiger partial charge in [-0.15, -0.1) is 0 Å². The second kappa shape index (κ2) is 5.57. The van der Waals surface area contributed by atoms with Crippen molar-refractivity contribution in [2.45, 2.75) is 0 Å². The van der Waals surface area contributed by atoms with Gasteiger partial charge < -0.3 is 20.2 Å². The molecule has 28 heavy (non-hydrogen) atoms. The number of nitriles is 1. The predicted octanol–water partition coefficient (Wildman–Crippen LogP) is 2.30. The molecule has 0 radical (unpaired) electrons. The number of nitrogens with zero attached hydrogens (tertiary/aromatic N) is 5. The van der Waals surface area contributed by atoms with Gasteiger partial charge in [-0.2, -0.15) is 10.2 Å². The highest BCUT2D eigenvalue weighted by Crippen LogP contribution is 2.32. The van der Waals surface area contributed by atoms with E-state index in [2.05, 4.69) is 37.4 Å². The molecule has 1 fully saturated rings. The van der Waals surface area contributed by atoms with E-state index in [9.17, 15) is 5.26 Å². The van der Waals surface area contributed by atoms with Crippen molar-refractivity contribution in [3.05, 3.63) is 48.1 Å². The zero-order valence-corrected chi connectivity index (χ0v) is 14.9. The van der Waals surface area contributed by atoms with Crippen LogP contribution in [0, 0.1) is 17.2 Å². The lowest BCUT2D eigenvalue weighted by molar-refractivity contribution is 0.673. The molecule has 136 valence electrons. The minimum absolute atomic E-state index is 0.532. The molecule has 0 aliphatic carbocycles. The van der Waals surface area contributed by atoms with Gasteiger partial charge in [-0.05, 0) is 17.8 Å². The summed E-state index contributed by atoms with van der Waals surface area (Å²) >= 11 is 0. The van der Waals surface area contributed by atoms with Crippen LogP contribution in [0.1, 0.15) is 5.56 Å². The SMILES string of the molecule is N#Cc1c[nH]c2cc(-c3nc(N4CC5=CNCC5C4)nc4[nH]cnc34)ccc12. The van der Waals surface area contributed by atoms with Crippen molar-refractivity contribution in [1.82, 2.24) is 30.2 Å². The lowest BCUT2D eigenvalue weighted by atomic mass is 10.1. The largest absolute Gasteiger partial charge is 0.390 e. The first kappa shape index (κ1) is 15.2. The number of fused-ring (bicyclic) bond motifs is 3. The van der Waals surface area contributed by atoms with Crippen LogP contribution in [0.5, 0.6) is 0 Å². The van der Waals surface area contributed by atoms with Crippen LogP contribution in [0.25, 0.3) is 33.3 Å². The average molecular weight is 368 g/mol. The minimum atomic E-state index is 0.532. The quantitative estimate of drug-likeness (QED) is 0.501. The highest BCUT2D eigenvalue weighted by atomic mass is 15.3. The molecule has 0 amide bonds. The first-order valence-electron chi connectivity index (χ1n) is 9.20. The van der Waals surface area contributed by atoms with Crippen LogP contribution < -0.4 is 10.2 Å². The third-order valence-corrected chi connectivity index (χ3v) is 5.62. The summed E-state index contributed by atoms with van der Waals surface area (Å²) in [4.78, 5) is 22.6. The molecule has 0 saturated carbocycles. The smallest absolute Gasteiger partial charge is 0.228 e. The van der Waals surface area contributed by atoms with Gasteiger partial charge in [-0.3, -0.25) is 0 Å². The molecule has 8 heteroatoms. The van der Waals surface area contributed by atoms with E-state index in [0.29, 0.717) is 17.4 Å². The monoisotopic (exact) mass is 368 g/mol. The minimum Gasteiger partial charge on any atom is -0.390 e. The Hall–Kier alpha value is -3.86. The second-order valence-corrected chi connectivity index (χ2v) is 7.25. The van der Waals surface area contributed by atoms with Crippen LogP contribution in [-0.4, -0.2) is 44.6 Å². The zero-order chi connectivity index (χ0) is 18.7. The summed E-state index contributed by atoms with van der Waals surface area (Å²) in [6, 6.07) is 8.17. The lowest BCUT2D eigenvalue weighted by Gasteiger charge is -2.17. The second-order valence-electron chi connectivity index (χ2n) is 7.25. The van der Waals surface area contributed by atoms with Crippen LogP contribution in [0.15, 0.2) is 42.5 Å². The van der Waals surface area contributed by atoms with E-state index in [1.807, 2.05) is 18.2 Å². The molecule has 1 aromatic carbocycles. The molecule has 6 rings (SSSR count). The van der Waals surface area contributed by atoms with E-state index in [0.717, 1.165) is 53.0 Å². The van der Waals surface area contributed by atoms with Crippen molar-refractivity contribution >= 4 is 28.0 Å². The van der Waals surface area contributed by atoms with Gasteiger partial charge in [0.2, 0.25) is 5.95 Å². The molecule has 0 bridgehead atoms. The number of aromatic nitrogens is 5. The van der Waals surface area contributed by atoms with Crippen LogP contribution >= 0.6 is 0 Å². The van der Waals surface area contributed by atoms with Crippen LogP contribution in [0.3, 0.4) is 0 Å². The Kier molecular flexibility index (Phi) is 3.03. The maximum absolute atomic E-state index is 9.23. The van der Waals surface area contributed by atoms with E-state index in [4.69, 9.17) is 9.97 Å². The van der Waals surface area contributed by atoms with Gasteiger partial charge in [0.1, 0.15) is 17.3 Å². The van der Waals surface area contributed by atoms with Crippen molar-refractivity contribution < 1.29 is 0 Å².